The molecule has 4 aromatic rings. The van der Waals surface area contributed by atoms with Crippen molar-refractivity contribution in [3.8, 4) is 0 Å². The van der Waals surface area contributed by atoms with Crippen molar-refractivity contribution in [1.29, 1.82) is 0 Å². The van der Waals surface area contributed by atoms with Crippen LogP contribution >= 0.6 is 0 Å². The molecule has 0 N–H and O–H groups in total. The van der Waals surface area contributed by atoms with Crippen LogP contribution in [-0.4, -0.2) is 0 Å². The molecule has 1 heterocycles. The lowest BCUT2D eigenvalue weighted by Crippen LogP contribution is -2.03. The molecule has 0 saturated heterocycles. The molecule has 0 unspecified atom stereocenters. The molecule has 102 valence electrons. The van der Waals surface area contributed by atoms with Gasteiger partial charge in [0, 0.05) is 6.07 Å². The Labute approximate surface area is 119 Å². The second-order valence-corrected chi connectivity index (χ2v) is 5.22. The molecule has 3 aromatic carbocycles. The first-order valence-corrected chi connectivity index (χ1v) is 6.69. The van der Waals surface area contributed by atoms with Gasteiger partial charge in [-0.2, -0.15) is 0 Å². The molecule has 3 heteroatoms. The van der Waals surface area contributed by atoms with E-state index in [2.05, 4.69) is 0 Å². The van der Waals surface area contributed by atoms with Gasteiger partial charge in [0.15, 0.2) is 0 Å². The maximum absolute atomic E-state index is 13.7. The van der Waals surface area contributed by atoms with E-state index in [9.17, 15) is 9.18 Å². The minimum Gasteiger partial charge on any atom is -0.456 e. The number of benzene rings is 3. The van der Waals surface area contributed by atoms with Crippen molar-refractivity contribution in [3.05, 3.63) is 70.1 Å². The van der Waals surface area contributed by atoms with Crippen LogP contribution in [0.1, 0.15) is 5.56 Å². The summed E-state index contributed by atoms with van der Waals surface area (Å²) in [6.45, 7) is 1.64. The van der Waals surface area contributed by atoms with Crippen LogP contribution in [0.15, 0.2) is 57.7 Å². The lowest BCUT2D eigenvalue weighted by molar-refractivity contribution is 0.608. The fourth-order valence-corrected chi connectivity index (χ4v) is 2.67. The van der Waals surface area contributed by atoms with Gasteiger partial charge in [0.25, 0.3) is 0 Å². The Morgan fingerprint density at radius 2 is 1.52 bits per heavy atom. The summed E-state index contributed by atoms with van der Waals surface area (Å²) in [4.78, 5) is 12.6. The summed E-state index contributed by atoms with van der Waals surface area (Å²) in [5, 5.41) is 2.90. The maximum Gasteiger partial charge on any atom is 0.200 e. The molecule has 0 spiro atoms. The number of hydrogen-bond acceptors (Lipinski definition) is 2. The van der Waals surface area contributed by atoms with Gasteiger partial charge in [-0.3, -0.25) is 4.79 Å². The zero-order valence-corrected chi connectivity index (χ0v) is 11.3. The quantitative estimate of drug-likeness (QED) is 0.442. The first-order chi connectivity index (χ1) is 10.1. The molecule has 4 rings (SSSR count). The summed E-state index contributed by atoms with van der Waals surface area (Å²) in [7, 11) is 0. The van der Waals surface area contributed by atoms with Gasteiger partial charge in [-0.15, -0.1) is 0 Å². The van der Waals surface area contributed by atoms with E-state index in [1.807, 2.05) is 36.4 Å². The van der Waals surface area contributed by atoms with Crippen molar-refractivity contribution in [3.63, 3.8) is 0 Å². The Bertz CT molecular complexity index is 1080. The molecule has 1 aromatic heterocycles. The van der Waals surface area contributed by atoms with E-state index in [1.54, 1.807) is 13.0 Å². The number of rotatable bonds is 0. The molecule has 2 nitrogen and oxygen atoms in total. The Kier molecular flexibility index (Phi) is 2.39. The number of fused-ring (bicyclic) bond motifs is 3. The third kappa shape index (κ3) is 1.74. The topological polar surface area (TPSA) is 30.2 Å². The average Bonchev–Trinajstić information content (AvgIpc) is 2.48. The minimum absolute atomic E-state index is 0.125. The second-order valence-electron chi connectivity index (χ2n) is 5.22. The van der Waals surface area contributed by atoms with Crippen LogP contribution in [-0.2, 0) is 0 Å². The van der Waals surface area contributed by atoms with Crippen molar-refractivity contribution in [1.82, 2.24) is 0 Å². The van der Waals surface area contributed by atoms with Gasteiger partial charge in [0.2, 0.25) is 5.43 Å². The Balaban J connectivity index is 2.24. The first kappa shape index (κ1) is 12.1. The Morgan fingerprint density at radius 1 is 0.905 bits per heavy atom. The summed E-state index contributed by atoms with van der Waals surface area (Å²) < 4.78 is 19.4. The van der Waals surface area contributed by atoms with E-state index >= 15 is 0 Å². The van der Waals surface area contributed by atoms with Gasteiger partial charge in [-0.25, -0.2) is 4.39 Å². The van der Waals surface area contributed by atoms with Crippen LogP contribution in [0.4, 0.5) is 4.39 Å². The standard InChI is InChI=1S/C18H11FO2/c1-10-6-13-17(9-15(10)19)21-16-8-12-5-3-2-4-11(12)7-14(16)18(13)20/h2-9H,1H3. The molecule has 0 radical (unpaired) electrons. The van der Waals surface area contributed by atoms with Crippen molar-refractivity contribution in [2.45, 2.75) is 6.92 Å². The fraction of sp³-hybridized carbons (Fsp3) is 0.0556. The Morgan fingerprint density at radius 3 is 2.29 bits per heavy atom. The van der Waals surface area contributed by atoms with Crippen LogP contribution in [0.2, 0.25) is 0 Å². The third-order valence-corrected chi connectivity index (χ3v) is 3.82. The zero-order chi connectivity index (χ0) is 14.6. The van der Waals surface area contributed by atoms with E-state index in [-0.39, 0.29) is 16.8 Å². The van der Waals surface area contributed by atoms with Crippen molar-refractivity contribution < 1.29 is 8.81 Å². The van der Waals surface area contributed by atoms with Crippen LogP contribution in [0.5, 0.6) is 0 Å². The lowest BCUT2D eigenvalue weighted by Gasteiger charge is -2.05. The maximum atomic E-state index is 13.7. The van der Waals surface area contributed by atoms with Crippen molar-refractivity contribution in [2.24, 2.45) is 0 Å². The number of halogens is 1. The van der Waals surface area contributed by atoms with E-state index in [1.165, 1.54) is 6.07 Å². The van der Waals surface area contributed by atoms with Gasteiger partial charge < -0.3 is 4.42 Å². The van der Waals surface area contributed by atoms with E-state index in [0.29, 0.717) is 21.9 Å². The van der Waals surface area contributed by atoms with Crippen molar-refractivity contribution >= 4 is 32.7 Å². The summed E-state index contributed by atoms with van der Waals surface area (Å²) in [5.41, 5.74) is 1.08. The summed E-state index contributed by atoms with van der Waals surface area (Å²) in [6.07, 6.45) is 0. The molecule has 0 aliphatic heterocycles. The van der Waals surface area contributed by atoms with Crippen LogP contribution < -0.4 is 5.43 Å². The molecule has 0 saturated carbocycles. The monoisotopic (exact) mass is 278 g/mol. The molecular formula is C18H11FO2. The average molecular weight is 278 g/mol. The SMILES string of the molecule is Cc1cc2c(=O)c3cc4ccccc4cc3oc2cc1F. The van der Waals surface area contributed by atoms with E-state index in [0.717, 1.165) is 10.8 Å². The van der Waals surface area contributed by atoms with E-state index in [4.69, 9.17) is 4.42 Å². The number of aryl methyl sites for hydroxylation is 1. The third-order valence-electron chi connectivity index (χ3n) is 3.82. The van der Waals surface area contributed by atoms with Gasteiger partial charge in [0.05, 0.1) is 10.8 Å². The highest BCUT2D eigenvalue weighted by Gasteiger charge is 2.11. The van der Waals surface area contributed by atoms with Crippen LogP contribution in [0.25, 0.3) is 32.7 Å². The second kappa shape index (κ2) is 4.16. The fourth-order valence-electron chi connectivity index (χ4n) is 2.67. The highest BCUT2D eigenvalue weighted by Crippen LogP contribution is 2.25. The molecule has 0 bridgehead atoms. The molecule has 0 aliphatic rings. The normalized spacial score (nSPS) is 11.5. The van der Waals surface area contributed by atoms with Crippen LogP contribution in [0, 0.1) is 12.7 Å². The van der Waals surface area contributed by atoms with Crippen molar-refractivity contribution in [2.75, 3.05) is 0 Å². The first-order valence-electron chi connectivity index (χ1n) is 6.69. The molecule has 0 fully saturated rings. The smallest absolute Gasteiger partial charge is 0.200 e. The van der Waals surface area contributed by atoms with Gasteiger partial charge in [-0.05, 0) is 41.5 Å². The summed E-state index contributed by atoms with van der Waals surface area (Å²) in [5.74, 6) is -0.370. The molecule has 0 atom stereocenters. The highest BCUT2D eigenvalue weighted by molar-refractivity contribution is 5.99. The summed E-state index contributed by atoms with van der Waals surface area (Å²) >= 11 is 0. The Hall–Kier alpha value is -2.68. The zero-order valence-electron chi connectivity index (χ0n) is 11.3. The summed E-state index contributed by atoms with van der Waals surface area (Å²) in [6, 6.07) is 14.2. The number of hydrogen-bond donors (Lipinski definition) is 0. The van der Waals surface area contributed by atoms with Gasteiger partial charge in [-0.1, -0.05) is 24.3 Å². The minimum atomic E-state index is -0.370. The van der Waals surface area contributed by atoms with E-state index < -0.39 is 0 Å². The highest BCUT2D eigenvalue weighted by atomic mass is 19.1. The van der Waals surface area contributed by atoms with Gasteiger partial charge >= 0.3 is 0 Å². The largest absolute Gasteiger partial charge is 0.456 e. The van der Waals surface area contributed by atoms with Gasteiger partial charge in [0.1, 0.15) is 17.0 Å². The molecule has 0 aliphatic carbocycles. The molecular weight excluding hydrogens is 267 g/mol. The molecule has 21 heavy (non-hydrogen) atoms. The molecule has 0 amide bonds. The lowest BCUT2D eigenvalue weighted by atomic mass is 10.0. The predicted octanol–water partition coefficient (Wildman–Crippen LogP) is 4.55. The van der Waals surface area contributed by atoms with Crippen LogP contribution in [0.3, 0.4) is 0 Å². The predicted molar refractivity (Wildman–Crippen MR) is 82.2 cm³/mol.